The van der Waals surface area contributed by atoms with E-state index in [2.05, 4.69) is 20.8 Å². The van der Waals surface area contributed by atoms with Crippen LogP contribution < -0.4 is 5.73 Å². The summed E-state index contributed by atoms with van der Waals surface area (Å²) in [5, 5.41) is 9.02. The molecule has 0 unspecified atom stereocenters. The third-order valence-corrected chi connectivity index (χ3v) is 3.10. The zero-order valence-electron chi connectivity index (χ0n) is 10.00. The molecule has 1 aromatic carbocycles. The number of anilines is 1. The molecule has 0 amide bonds. The SMILES string of the molecule is Cc1cc(SC(C)(C)C)cc(C(=O)O)c1N. The summed E-state index contributed by atoms with van der Waals surface area (Å²) in [6, 6.07) is 3.57. The predicted molar refractivity (Wildman–Crippen MR) is 68.2 cm³/mol. The molecule has 4 heteroatoms. The Morgan fingerprint density at radius 1 is 1.38 bits per heavy atom. The van der Waals surface area contributed by atoms with Crippen molar-refractivity contribution in [2.45, 2.75) is 37.3 Å². The summed E-state index contributed by atoms with van der Waals surface area (Å²) in [4.78, 5) is 11.9. The van der Waals surface area contributed by atoms with Crippen LogP contribution in [0.3, 0.4) is 0 Å². The zero-order valence-corrected chi connectivity index (χ0v) is 10.8. The molecule has 1 rings (SSSR count). The number of nitrogens with two attached hydrogens (primary N) is 1. The zero-order chi connectivity index (χ0) is 12.5. The molecule has 0 aliphatic heterocycles. The molecule has 0 radical (unpaired) electrons. The number of hydrogen-bond donors (Lipinski definition) is 2. The number of carboxylic acid groups (broad SMARTS) is 1. The van der Waals surface area contributed by atoms with E-state index in [1.54, 1.807) is 17.8 Å². The van der Waals surface area contributed by atoms with Gasteiger partial charge in [0.15, 0.2) is 0 Å². The maximum atomic E-state index is 11.0. The topological polar surface area (TPSA) is 63.3 Å². The number of carboxylic acids is 1. The summed E-state index contributed by atoms with van der Waals surface area (Å²) >= 11 is 1.64. The highest BCUT2D eigenvalue weighted by Gasteiger charge is 2.16. The summed E-state index contributed by atoms with van der Waals surface area (Å²) in [5.41, 5.74) is 7.08. The van der Waals surface area contributed by atoms with Crippen molar-refractivity contribution >= 4 is 23.4 Å². The van der Waals surface area contributed by atoms with E-state index in [0.29, 0.717) is 5.69 Å². The minimum atomic E-state index is -0.975. The van der Waals surface area contributed by atoms with Gasteiger partial charge < -0.3 is 10.8 Å². The number of carbonyl (C=O) groups is 1. The van der Waals surface area contributed by atoms with Gasteiger partial charge in [-0.1, -0.05) is 20.8 Å². The first-order valence-corrected chi connectivity index (χ1v) is 5.85. The standard InChI is InChI=1S/C12H17NO2S/c1-7-5-8(16-12(2,3)4)6-9(10(7)13)11(14)15/h5-6H,13H2,1-4H3,(H,14,15). The average molecular weight is 239 g/mol. The van der Waals surface area contributed by atoms with E-state index in [0.717, 1.165) is 10.5 Å². The molecule has 0 aliphatic carbocycles. The largest absolute Gasteiger partial charge is 0.478 e. The Morgan fingerprint density at radius 2 is 1.94 bits per heavy atom. The van der Waals surface area contributed by atoms with Crippen LogP contribution in [0.5, 0.6) is 0 Å². The first-order chi connectivity index (χ1) is 7.20. The maximum Gasteiger partial charge on any atom is 0.337 e. The van der Waals surface area contributed by atoms with Crippen molar-refractivity contribution in [2.75, 3.05) is 5.73 Å². The minimum absolute atomic E-state index is 0.0539. The Balaban J connectivity index is 3.19. The number of thioether (sulfide) groups is 1. The predicted octanol–water partition coefficient (Wildman–Crippen LogP) is 3.17. The first-order valence-electron chi connectivity index (χ1n) is 5.03. The van der Waals surface area contributed by atoms with Crippen molar-refractivity contribution in [3.05, 3.63) is 23.3 Å². The summed E-state index contributed by atoms with van der Waals surface area (Å²) < 4.78 is 0.0539. The van der Waals surface area contributed by atoms with Crippen LogP contribution >= 0.6 is 11.8 Å². The average Bonchev–Trinajstić information content (AvgIpc) is 2.07. The number of rotatable bonds is 2. The summed E-state index contributed by atoms with van der Waals surface area (Å²) in [6.07, 6.45) is 0. The van der Waals surface area contributed by atoms with Crippen LogP contribution in [-0.4, -0.2) is 15.8 Å². The van der Waals surface area contributed by atoms with E-state index in [1.165, 1.54) is 0 Å². The molecular weight excluding hydrogens is 222 g/mol. The van der Waals surface area contributed by atoms with Crippen molar-refractivity contribution in [1.29, 1.82) is 0 Å². The van der Waals surface area contributed by atoms with Crippen molar-refractivity contribution in [3.63, 3.8) is 0 Å². The lowest BCUT2D eigenvalue weighted by molar-refractivity contribution is 0.0697. The number of hydrogen-bond acceptors (Lipinski definition) is 3. The molecule has 88 valence electrons. The number of nitrogen functional groups attached to an aromatic ring is 1. The smallest absolute Gasteiger partial charge is 0.337 e. The van der Waals surface area contributed by atoms with Gasteiger partial charge in [-0.25, -0.2) is 4.79 Å². The van der Waals surface area contributed by atoms with Crippen molar-refractivity contribution in [2.24, 2.45) is 0 Å². The van der Waals surface area contributed by atoms with Crippen molar-refractivity contribution in [1.82, 2.24) is 0 Å². The molecule has 0 spiro atoms. The monoisotopic (exact) mass is 239 g/mol. The van der Waals surface area contributed by atoms with Crippen LogP contribution in [0.4, 0.5) is 5.69 Å². The van der Waals surface area contributed by atoms with Crippen LogP contribution in [0.15, 0.2) is 17.0 Å². The molecule has 3 N–H and O–H groups in total. The fourth-order valence-corrected chi connectivity index (χ4v) is 2.47. The van der Waals surface area contributed by atoms with Gasteiger partial charge in [0, 0.05) is 15.3 Å². The van der Waals surface area contributed by atoms with Crippen molar-refractivity contribution in [3.8, 4) is 0 Å². The van der Waals surface area contributed by atoms with Crippen LogP contribution in [0.1, 0.15) is 36.7 Å². The summed E-state index contributed by atoms with van der Waals surface area (Å²) in [7, 11) is 0. The third kappa shape index (κ3) is 3.17. The maximum absolute atomic E-state index is 11.0. The Hall–Kier alpha value is -1.16. The number of aryl methyl sites for hydroxylation is 1. The second-order valence-electron chi connectivity index (χ2n) is 4.72. The highest BCUT2D eigenvalue weighted by atomic mass is 32.2. The van der Waals surface area contributed by atoms with Crippen LogP contribution in [0.2, 0.25) is 0 Å². The van der Waals surface area contributed by atoms with Gasteiger partial charge in [0.05, 0.1) is 5.56 Å². The summed E-state index contributed by atoms with van der Waals surface area (Å²) in [6.45, 7) is 8.09. The molecule has 0 saturated heterocycles. The van der Waals surface area contributed by atoms with E-state index >= 15 is 0 Å². The van der Waals surface area contributed by atoms with E-state index in [9.17, 15) is 4.79 Å². The molecule has 0 saturated carbocycles. The molecule has 0 aliphatic rings. The molecule has 3 nitrogen and oxygen atoms in total. The molecule has 0 fully saturated rings. The Bertz CT molecular complexity index is 422. The van der Waals surface area contributed by atoms with Gasteiger partial charge in [-0.3, -0.25) is 0 Å². The molecule has 16 heavy (non-hydrogen) atoms. The Kier molecular flexibility index (Phi) is 3.53. The van der Waals surface area contributed by atoms with Crippen LogP contribution in [0, 0.1) is 6.92 Å². The van der Waals surface area contributed by atoms with Gasteiger partial charge in [0.1, 0.15) is 0 Å². The second-order valence-corrected chi connectivity index (χ2v) is 6.62. The van der Waals surface area contributed by atoms with E-state index in [4.69, 9.17) is 10.8 Å². The van der Waals surface area contributed by atoms with E-state index < -0.39 is 5.97 Å². The molecule has 1 aromatic rings. The summed E-state index contributed by atoms with van der Waals surface area (Å²) in [5.74, 6) is -0.975. The molecular formula is C12H17NO2S. The van der Waals surface area contributed by atoms with Gasteiger partial charge in [-0.05, 0) is 24.6 Å². The lowest BCUT2D eigenvalue weighted by atomic mass is 10.1. The van der Waals surface area contributed by atoms with E-state index in [1.807, 2.05) is 13.0 Å². The Labute approximate surface area is 100 Å². The lowest BCUT2D eigenvalue weighted by Crippen LogP contribution is -2.09. The number of aromatic carboxylic acids is 1. The molecule has 0 atom stereocenters. The van der Waals surface area contributed by atoms with E-state index in [-0.39, 0.29) is 10.3 Å². The normalized spacial score (nSPS) is 11.5. The van der Waals surface area contributed by atoms with Gasteiger partial charge in [-0.15, -0.1) is 11.8 Å². The Morgan fingerprint density at radius 3 is 2.38 bits per heavy atom. The third-order valence-electron chi connectivity index (χ3n) is 2.01. The molecule has 0 bridgehead atoms. The van der Waals surface area contributed by atoms with Gasteiger partial charge in [-0.2, -0.15) is 0 Å². The highest BCUT2D eigenvalue weighted by molar-refractivity contribution is 8.00. The molecule has 0 heterocycles. The second kappa shape index (κ2) is 4.37. The lowest BCUT2D eigenvalue weighted by Gasteiger charge is -2.18. The highest BCUT2D eigenvalue weighted by Crippen LogP contribution is 2.34. The van der Waals surface area contributed by atoms with Crippen LogP contribution in [-0.2, 0) is 0 Å². The van der Waals surface area contributed by atoms with Gasteiger partial charge >= 0.3 is 5.97 Å². The fraction of sp³-hybridized carbons (Fsp3) is 0.417. The van der Waals surface area contributed by atoms with Crippen LogP contribution in [0.25, 0.3) is 0 Å². The molecule has 0 aromatic heterocycles. The van der Waals surface area contributed by atoms with Gasteiger partial charge in [0.2, 0.25) is 0 Å². The minimum Gasteiger partial charge on any atom is -0.478 e. The first kappa shape index (κ1) is 12.9. The van der Waals surface area contributed by atoms with Gasteiger partial charge in [0.25, 0.3) is 0 Å². The number of benzene rings is 1. The quantitative estimate of drug-likeness (QED) is 0.614. The fourth-order valence-electron chi connectivity index (χ4n) is 1.35. The van der Waals surface area contributed by atoms with Crippen molar-refractivity contribution < 1.29 is 9.90 Å².